The number of nitrogens with one attached hydrogen (secondary N) is 1. The standard InChI is InChI=1S/C10H14FNO/c1-8(7-13)6-12-10-4-2-9(11)3-5-10/h2-5,8,12-13H,6-7H2,1H3. The topological polar surface area (TPSA) is 32.3 Å². The molecule has 1 aromatic carbocycles. The van der Waals surface area contributed by atoms with Crippen LogP contribution in [-0.4, -0.2) is 18.3 Å². The minimum atomic E-state index is -0.235. The zero-order valence-electron chi connectivity index (χ0n) is 7.63. The second-order valence-electron chi connectivity index (χ2n) is 3.18. The van der Waals surface area contributed by atoms with E-state index in [-0.39, 0.29) is 18.3 Å². The van der Waals surface area contributed by atoms with Crippen molar-refractivity contribution in [2.24, 2.45) is 5.92 Å². The molecular weight excluding hydrogens is 169 g/mol. The van der Waals surface area contributed by atoms with Gasteiger partial charge in [-0.25, -0.2) is 4.39 Å². The van der Waals surface area contributed by atoms with Gasteiger partial charge in [0.15, 0.2) is 0 Å². The predicted octanol–water partition coefficient (Wildman–Crippen LogP) is 1.87. The van der Waals surface area contributed by atoms with Gasteiger partial charge in [0.25, 0.3) is 0 Å². The van der Waals surface area contributed by atoms with Gasteiger partial charge in [-0.2, -0.15) is 0 Å². The molecule has 72 valence electrons. The van der Waals surface area contributed by atoms with Crippen LogP contribution in [0.2, 0.25) is 0 Å². The van der Waals surface area contributed by atoms with Crippen molar-refractivity contribution in [3.05, 3.63) is 30.1 Å². The molecule has 0 aromatic heterocycles. The average molecular weight is 183 g/mol. The molecule has 0 radical (unpaired) electrons. The Morgan fingerprint density at radius 2 is 2.00 bits per heavy atom. The molecule has 0 heterocycles. The van der Waals surface area contributed by atoms with Gasteiger partial charge in [0.2, 0.25) is 0 Å². The lowest BCUT2D eigenvalue weighted by molar-refractivity contribution is 0.244. The minimum absolute atomic E-state index is 0.161. The van der Waals surface area contributed by atoms with Gasteiger partial charge in [0.1, 0.15) is 5.82 Å². The summed E-state index contributed by atoms with van der Waals surface area (Å²) in [5.41, 5.74) is 0.877. The number of anilines is 1. The van der Waals surface area contributed by atoms with Gasteiger partial charge in [-0.15, -0.1) is 0 Å². The molecule has 0 saturated carbocycles. The van der Waals surface area contributed by atoms with Crippen molar-refractivity contribution >= 4 is 5.69 Å². The Labute approximate surface area is 77.4 Å². The lowest BCUT2D eigenvalue weighted by Gasteiger charge is -2.10. The molecule has 0 amide bonds. The molecule has 2 nitrogen and oxygen atoms in total. The third-order valence-electron chi connectivity index (χ3n) is 1.81. The Kier molecular flexibility index (Phi) is 3.71. The van der Waals surface area contributed by atoms with E-state index in [2.05, 4.69) is 5.32 Å². The monoisotopic (exact) mass is 183 g/mol. The fraction of sp³-hybridized carbons (Fsp3) is 0.400. The smallest absolute Gasteiger partial charge is 0.123 e. The Balaban J connectivity index is 2.41. The summed E-state index contributed by atoms with van der Waals surface area (Å²) in [6.07, 6.45) is 0. The zero-order chi connectivity index (χ0) is 9.68. The minimum Gasteiger partial charge on any atom is -0.396 e. The average Bonchev–Trinajstić information content (AvgIpc) is 2.16. The van der Waals surface area contributed by atoms with Gasteiger partial charge in [-0.05, 0) is 30.2 Å². The molecule has 0 aliphatic heterocycles. The van der Waals surface area contributed by atoms with Crippen molar-refractivity contribution in [2.75, 3.05) is 18.5 Å². The maximum atomic E-state index is 12.5. The first-order chi connectivity index (χ1) is 6.22. The highest BCUT2D eigenvalue weighted by Gasteiger charge is 1.98. The largest absolute Gasteiger partial charge is 0.396 e. The Bertz CT molecular complexity index is 248. The third kappa shape index (κ3) is 3.42. The third-order valence-corrected chi connectivity index (χ3v) is 1.81. The second kappa shape index (κ2) is 4.82. The molecule has 1 rings (SSSR count). The Hall–Kier alpha value is -1.09. The maximum Gasteiger partial charge on any atom is 0.123 e. The van der Waals surface area contributed by atoms with Crippen LogP contribution in [0.1, 0.15) is 6.92 Å². The Morgan fingerprint density at radius 1 is 1.38 bits per heavy atom. The summed E-state index contributed by atoms with van der Waals surface area (Å²) >= 11 is 0. The highest BCUT2D eigenvalue weighted by atomic mass is 19.1. The van der Waals surface area contributed by atoms with E-state index in [1.165, 1.54) is 12.1 Å². The van der Waals surface area contributed by atoms with Crippen LogP contribution in [0, 0.1) is 11.7 Å². The molecule has 2 N–H and O–H groups in total. The first-order valence-corrected chi connectivity index (χ1v) is 4.32. The van der Waals surface area contributed by atoms with Crippen molar-refractivity contribution in [3.63, 3.8) is 0 Å². The van der Waals surface area contributed by atoms with Crippen LogP contribution in [0.3, 0.4) is 0 Å². The highest BCUT2D eigenvalue weighted by Crippen LogP contribution is 2.08. The molecule has 0 aliphatic carbocycles. The quantitative estimate of drug-likeness (QED) is 0.746. The SMILES string of the molecule is CC(CO)CNc1ccc(F)cc1. The number of hydrogen-bond acceptors (Lipinski definition) is 2. The fourth-order valence-electron chi connectivity index (χ4n) is 0.924. The molecule has 1 unspecified atom stereocenters. The summed E-state index contributed by atoms with van der Waals surface area (Å²) in [7, 11) is 0. The highest BCUT2D eigenvalue weighted by molar-refractivity contribution is 5.42. The van der Waals surface area contributed by atoms with Crippen LogP contribution in [0.25, 0.3) is 0 Å². The number of aliphatic hydroxyl groups excluding tert-OH is 1. The number of rotatable bonds is 4. The molecule has 1 atom stereocenters. The molecule has 0 saturated heterocycles. The molecular formula is C10H14FNO. The van der Waals surface area contributed by atoms with Gasteiger partial charge in [-0.1, -0.05) is 6.92 Å². The summed E-state index contributed by atoms with van der Waals surface area (Å²) in [6.45, 7) is 2.80. The van der Waals surface area contributed by atoms with E-state index in [9.17, 15) is 4.39 Å². The van der Waals surface area contributed by atoms with Crippen molar-refractivity contribution in [1.82, 2.24) is 0 Å². The van der Waals surface area contributed by atoms with E-state index in [4.69, 9.17) is 5.11 Å². The van der Waals surface area contributed by atoms with Crippen molar-refractivity contribution < 1.29 is 9.50 Å². The van der Waals surface area contributed by atoms with Crippen LogP contribution in [-0.2, 0) is 0 Å². The summed E-state index contributed by atoms with van der Waals surface area (Å²) in [5, 5.41) is 11.9. The van der Waals surface area contributed by atoms with E-state index in [1.807, 2.05) is 6.92 Å². The van der Waals surface area contributed by atoms with Crippen LogP contribution in [0.4, 0.5) is 10.1 Å². The van der Waals surface area contributed by atoms with Gasteiger partial charge in [0.05, 0.1) is 0 Å². The molecule has 0 fully saturated rings. The van der Waals surface area contributed by atoms with Crippen LogP contribution < -0.4 is 5.32 Å². The van der Waals surface area contributed by atoms with Crippen molar-refractivity contribution in [1.29, 1.82) is 0 Å². The lowest BCUT2D eigenvalue weighted by atomic mass is 10.2. The zero-order valence-corrected chi connectivity index (χ0v) is 7.63. The number of aliphatic hydroxyl groups is 1. The van der Waals surface area contributed by atoms with E-state index in [0.29, 0.717) is 6.54 Å². The summed E-state index contributed by atoms with van der Waals surface area (Å²) in [5.74, 6) is -0.0224. The molecule has 13 heavy (non-hydrogen) atoms. The number of halogens is 1. The summed E-state index contributed by atoms with van der Waals surface area (Å²) in [4.78, 5) is 0. The summed E-state index contributed by atoms with van der Waals surface area (Å²) < 4.78 is 12.5. The van der Waals surface area contributed by atoms with E-state index >= 15 is 0 Å². The summed E-state index contributed by atoms with van der Waals surface area (Å²) in [6, 6.07) is 6.18. The van der Waals surface area contributed by atoms with Crippen molar-refractivity contribution in [3.8, 4) is 0 Å². The first kappa shape index (κ1) is 9.99. The first-order valence-electron chi connectivity index (χ1n) is 4.32. The second-order valence-corrected chi connectivity index (χ2v) is 3.18. The van der Waals surface area contributed by atoms with Crippen LogP contribution >= 0.6 is 0 Å². The predicted molar refractivity (Wildman–Crippen MR) is 51.1 cm³/mol. The van der Waals surface area contributed by atoms with E-state index in [0.717, 1.165) is 5.69 Å². The van der Waals surface area contributed by atoms with Gasteiger partial charge < -0.3 is 10.4 Å². The van der Waals surface area contributed by atoms with Gasteiger partial charge >= 0.3 is 0 Å². The molecule has 0 spiro atoms. The van der Waals surface area contributed by atoms with Gasteiger partial charge in [-0.3, -0.25) is 0 Å². The molecule has 3 heteroatoms. The number of hydrogen-bond donors (Lipinski definition) is 2. The van der Waals surface area contributed by atoms with E-state index < -0.39 is 0 Å². The van der Waals surface area contributed by atoms with E-state index in [1.54, 1.807) is 12.1 Å². The maximum absolute atomic E-state index is 12.5. The fourth-order valence-corrected chi connectivity index (χ4v) is 0.924. The van der Waals surface area contributed by atoms with Crippen LogP contribution in [0.5, 0.6) is 0 Å². The molecule has 0 aliphatic rings. The number of benzene rings is 1. The molecule has 0 bridgehead atoms. The normalized spacial score (nSPS) is 12.5. The van der Waals surface area contributed by atoms with Gasteiger partial charge in [0, 0.05) is 18.8 Å². The molecule has 1 aromatic rings. The lowest BCUT2D eigenvalue weighted by Crippen LogP contribution is -2.14. The van der Waals surface area contributed by atoms with Crippen LogP contribution in [0.15, 0.2) is 24.3 Å². The van der Waals surface area contributed by atoms with Crippen molar-refractivity contribution in [2.45, 2.75) is 6.92 Å². The Morgan fingerprint density at radius 3 is 2.54 bits per heavy atom.